The number of aromatic nitrogens is 1. The molecule has 0 aliphatic rings. The molecule has 0 aromatic carbocycles. The number of carbonyl (C=O) groups is 1. The van der Waals surface area contributed by atoms with Crippen molar-refractivity contribution < 1.29 is 4.79 Å². The molecule has 0 fully saturated rings. The van der Waals surface area contributed by atoms with E-state index < -0.39 is 0 Å². The first-order valence-corrected chi connectivity index (χ1v) is 7.50. The van der Waals surface area contributed by atoms with Crippen LogP contribution in [0.4, 0.5) is 5.69 Å². The Balaban J connectivity index is 2.50. The van der Waals surface area contributed by atoms with Crippen LogP contribution in [-0.2, 0) is 0 Å². The third kappa shape index (κ3) is 5.59. The molecule has 1 N–H and O–H groups in total. The summed E-state index contributed by atoms with van der Waals surface area (Å²) in [4.78, 5) is 18.1. The number of anilines is 1. The van der Waals surface area contributed by atoms with Crippen LogP contribution < -0.4 is 5.32 Å². The molecule has 4 nitrogen and oxygen atoms in total. The highest BCUT2D eigenvalue weighted by molar-refractivity contribution is 5.92. The van der Waals surface area contributed by atoms with Crippen LogP contribution in [-0.4, -0.2) is 35.9 Å². The third-order valence-corrected chi connectivity index (χ3v) is 3.23. The lowest BCUT2D eigenvalue weighted by atomic mass is 10.1. The van der Waals surface area contributed by atoms with Gasteiger partial charge in [-0.15, -0.1) is 0 Å². The van der Waals surface area contributed by atoms with Crippen LogP contribution in [0.15, 0.2) is 18.3 Å². The minimum atomic E-state index is -0.00724. The van der Waals surface area contributed by atoms with Gasteiger partial charge in [0.2, 0.25) is 0 Å². The largest absolute Gasteiger partial charge is 0.384 e. The van der Waals surface area contributed by atoms with Crippen molar-refractivity contribution in [2.45, 2.75) is 40.0 Å². The van der Waals surface area contributed by atoms with Crippen LogP contribution in [0.2, 0.25) is 0 Å². The van der Waals surface area contributed by atoms with Gasteiger partial charge in [-0.2, -0.15) is 0 Å². The Morgan fingerprint density at radius 2 is 2.15 bits per heavy atom. The maximum absolute atomic E-state index is 12.1. The lowest BCUT2D eigenvalue weighted by Gasteiger charge is -2.16. The lowest BCUT2D eigenvalue weighted by Crippen LogP contribution is -2.28. The van der Waals surface area contributed by atoms with Gasteiger partial charge in [0.15, 0.2) is 0 Å². The van der Waals surface area contributed by atoms with E-state index in [4.69, 9.17) is 0 Å². The lowest BCUT2D eigenvalue weighted by molar-refractivity contribution is 0.0787. The fourth-order valence-corrected chi connectivity index (χ4v) is 1.82. The van der Waals surface area contributed by atoms with Crippen LogP contribution in [0.3, 0.4) is 0 Å². The third-order valence-electron chi connectivity index (χ3n) is 3.23. The molecule has 0 saturated heterocycles. The van der Waals surface area contributed by atoms with Crippen molar-refractivity contribution in [1.29, 1.82) is 0 Å². The summed E-state index contributed by atoms with van der Waals surface area (Å²) in [6.45, 7) is 8.24. The van der Waals surface area contributed by atoms with E-state index in [0.29, 0.717) is 11.6 Å². The van der Waals surface area contributed by atoms with Gasteiger partial charge in [0.25, 0.3) is 5.91 Å². The number of unbranched alkanes of at least 4 members (excludes halogenated alkanes) is 1. The summed E-state index contributed by atoms with van der Waals surface area (Å²) in [7, 11) is 1.83. The molecule has 4 heteroatoms. The summed E-state index contributed by atoms with van der Waals surface area (Å²) in [6.07, 6.45) is 4.97. The average molecular weight is 277 g/mol. The van der Waals surface area contributed by atoms with E-state index in [1.807, 2.05) is 13.1 Å². The Hall–Kier alpha value is -1.58. The van der Waals surface area contributed by atoms with Crippen LogP contribution in [0.25, 0.3) is 0 Å². The quantitative estimate of drug-likeness (QED) is 0.792. The summed E-state index contributed by atoms with van der Waals surface area (Å²) in [5.41, 5.74) is 1.48. The highest BCUT2D eigenvalue weighted by atomic mass is 16.2. The fraction of sp³-hybridized carbons (Fsp3) is 0.625. The topological polar surface area (TPSA) is 45.2 Å². The first-order valence-electron chi connectivity index (χ1n) is 7.50. The van der Waals surface area contributed by atoms with Crippen molar-refractivity contribution >= 4 is 11.6 Å². The Bertz CT molecular complexity index is 401. The number of nitrogens with one attached hydrogen (secondary N) is 1. The molecule has 112 valence electrons. The van der Waals surface area contributed by atoms with Crippen LogP contribution in [0.1, 0.15) is 50.5 Å². The van der Waals surface area contributed by atoms with Gasteiger partial charge in [-0.1, -0.05) is 27.2 Å². The van der Waals surface area contributed by atoms with E-state index in [1.54, 1.807) is 17.2 Å². The van der Waals surface area contributed by atoms with Crippen molar-refractivity contribution in [3.63, 3.8) is 0 Å². The number of amides is 1. The van der Waals surface area contributed by atoms with Crippen LogP contribution >= 0.6 is 0 Å². The molecule has 1 rings (SSSR count). The van der Waals surface area contributed by atoms with Gasteiger partial charge in [-0.3, -0.25) is 4.79 Å². The second kappa shape index (κ2) is 8.56. The Labute approximate surface area is 122 Å². The summed E-state index contributed by atoms with van der Waals surface area (Å²) >= 11 is 0. The average Bonchev–Trinajstić information content (AvgIpc) is 2.44. The van der Waals surface area contributed by atoms with E-state index in [2.05, 4.69) is 31.1 Å². The van der Waals surface area contributed by atoms with Gasteiger partial charge in [0, 0.05) is 20.1 Å². The molecule has 1 aromatic rings. The molecule has 0 saturated carbocycles. The van der Waals surface area contributed by atoms with Crippen molar-refractivity contribution in [3.05, 3.63) is 24.0 Å². The second-order valence-corrected chi connectivity index (χ2v) is 5.62. The summed E-state index contributed by atoms with van der Waals surface area (Å²) in [5, 5.41) is 3.32. The Kier molecular flexibility index (Phi) is 7.05. The van der Waals surface area contributed by atoms with Crippen molar-refractivity contribution in [2.24, 2.45) is 5.92 Å². The van der Waals surface area contributed by atoms with E-state index >= 15 is 0 Å². The molecule has 20 heavy (non-hydrogen) atoms. The summed E-state index contributed by atoms with van der Waals surface area (Å²) in [5.74, 6) is 0.677. The van der Waals surface area contributed by atoms with E-state index in [-0.39, 0.29) is 5.91 Å². The van der Waals surface area contributed by atoms with E-state index in [9.17, 15) is 4.79 Å². The van der Waals surface area contributed by atoms with Gasteiger partial charge in [-0.25, -0.2) is 4.98 Å². The Morgan fingerprint density at radius 3 is 2.70 bits per heavy atom. The van der Waals surface area contributed by atoms with Gasteiger partial charge in [0.05, 0.1) is 11.9 Å². The number of rotatable bonds is 8. The molecule has 0 aliphatic heterocycles. The molecule has 0 atom stereocenters. The molecular formula is C16H27N3O. The standard InChI is InChI=1S/C16H27N3O/c1-5-6-11-19(4)16(20)15-8-7-14(12-18-15)17-10-9-13(2)3/h7-8,12-13,17H,5-6,9-11H2,1-4H3. The summed E-state index contributed by atoms with van der Waals surface area (Å²) in [6, 6.07) is 3.72. The molecule has 0 spiro atoms. The molecule has 0 radical (unpaired) electrons. The summed E-state index contributed by atoms with van der Waals surface area (Å²) < 4.78 is 0. The zero-order valence-corrected chi connectivity index (χ0v) is 13.1. The van der Waals surface area contributed by atoms with Gasteiger partial charge >= 0.3 is 0 Å². The van der Waals surface area contributed by atoms with E-state index in [0.717, 1.165) is 38.0 Å². The molecule has 1 heterocycles. The molecular weight excluding hydrogens is 250 g/mol. The van der Waals surface area contributed by atoms with Gasteiger partial charge in [-0.05, 0) is 30.9 Å². The Morgan fingerprint density at radius 1 is 1.40 bits per heavy atom. The normalized spacial score (nSPS) is 10.7. The van der Waals surface area contributed by atoms with Crippen LogP contribution in [0, 0.1) is 5.92 Å². The van der Waals surface area contributed by atoms with E-state index in [1.165, 1.54) is 0 Å². The monoisotopic (exact) mass is 277 g/mol. The number of nitrogens with zero attached hydrogens (tertiary/aromatic N) is 2. The number of hydrogen-bond acceptors (Lipinski definition) is 3. The molecule has 1 amide bonds. The highest BCUT2D eigenvalue weighted by Gasteiger charge is 2.12. The number of hydrogen-bond donors (Lipinski definition) is 1. The second-order valence-electron chi connectivity index (χ2n) is 5.62. The maximum Gasteiger partial charge on any atom is 0.272 e. The SMILES string of the molecule is CCCCN(C)C(=O)c1ccc(NCCC(C)C)cn1. The first kappa shape index (κ1) is 16.5. The highest BCUT2D eigenvalue weighted by Crippen LogP contribution is 2.09. The first-order chi connectivity index (χ1) is 9.54. The minimum Gasteiger partial charge on any atom is -0.384 e. The molecule has 0 aliphatic carbocycles. The smallest absolute Gasteiger partial charge is 0.272 e. The predicted molar refractivity (Wildman–Crippen MR) is 84.1 cm³/mol. The minimum absolute atomic E-state index is 0.00724. The molecule has 0 unspecified atom stereocenters. The van der Waals surface area contributed by atoms with Gasteiger partial charge in [0.1, 0.15) is 5.69 Å². The molecule has 1 aromatic heterocycles. The van der Waals surface area contributed by atoms with Crippen molar-refractivity contribution in [2.75, 3.05) is 25.5 Å². The van der Waals surface area contributed by atoms with Crippen molar-refractivity contribution in [1.82, 2.24) is 9.88 Å². The van der Waals surface area contributed by atoms with Crippen LogP contribution in [0.5, 0.6) is 0 Å². The predicted octanol–water partition coefficient (Wildman–Crippen LogP) is 3.41. The zero-order valence-electron chi connectivity index (χ0n) is 13.1. The van der Waals surface area contributed by atoms with Gasteiger partial charge < -0.3 is 10.2 Å². The maximum atomic E-state index is 12.1. The number of carbonyl (C=O) groups excluding carboxylic acids is 1. The van der Waals surface area contributed by atoms with Crippen molar-refractivity contribution in [3.8, 4) is 0 Å². The molecule has 0 bridgehead atoms. The fourth-order valence-electron chi connectivity index (χ4n) is 1.82. The number of pyridine rings is 1. The zero-order chi connectivity index (χ0) is 15.0.